The Balaban J connectivity index is 1.65. The van der Waals surface area contributed by atoms with E-state index in [9.17, 15) is 10.1 Å². The van der Waals surface area contributed by atoms with Crippen LogP contribution in [0.5, 0.6) is 0 Å². The first-order valence-corrected chi connectivity index (χ1v) is 7.17. The molecule has 0 aliphatic carbocycles. The van der Waals surface area contributed by atoms with Crippen LogP contribution < -0.4 is 5.43 Å². The highest BCUT2D eigenvalue weighted by atomic mass is 16.6. The first-order valence-electron chi connectivity index (χ1n) is 7.17. The van der Waals surface area contributed by atoms with Crippen LogP contribution in [0.15, 0.2) is 35.4 Å². The molecular formula is C14H13N9O2. The van der Waals surface area contributed by atoms with E-state index in [1.165, 1.54) is 18.3 Å². The smallest absolute Gasteiger partial charge is 0.258 e. The molecule has 0 aliphatic heterocycles. The summed E-state index contributed by atoms with van der Waals surface area (Å²) < 4.78 is 1.54. The van der Waals surface area contributed by atoms with Crippen molar-refractivity contribution in [3.05, 3.63) is 57.4 Å². The van der Waals surface area contributed by atoms with E-state index in [-0.39, 0.29) is 17.6 Å². The number of nitrogens with zero attached hydrogens (tertiary/aromatic N) is 8. The van der Waals surface area contributed by atoms with E-state index in [2.05, 4.69) is 36.0 Å². The summed E-state index contributed by atoms with van der Waals surface area (Å²) in [7, 11) is 0. The molecule has 0 unspecified atom stereocenters. The number of nitrogens with one attached hydrogen (secondary N) is 1. The zero-order valence-corrected chi connectivity index (χ0v) is 13.4. The lowest BCUT2D eigenvalue weighted by Crippen LogP contribution is -2.10. The van der Waals surface area contributed by atoms with Gasteiger partial charge in [0, 0.05) is 17.8 Å². The first kappa shape index (κ1) is 16.1. The van der Waals surface area contributed by atoms with Gasteiger partial charge in [-0.25, -0.2) is 10.1 Å². The lowest BCUT2D eigenvalue weighted by Gasteiger charge is -2.01. The fraction of sp³-hybridized carbons (Fsp3) is 0.143. The Morgan fingerprint density at radius 1 is 1.16 bits per heavy atom. The van der Waals surface area contributed by atoms with Crippen LogP contribution in [0.4, 0.5) is 11.6 Å². The van der Waals surface area contributed by atoms with Crippen molar-refractivity contribution in [2.24, 2.45) is 5.10 Å². The van der Waals surface area contributed by atoms with Gasteiger partial charge in [-0.2, -0.15) is 10.2 Å². The summed E-state index contributed by atoms with van der Waals surface area (Å²) in [6.45, 7) is 3.75. The Bertz CT molecular complexity index is 916. The predicted octanol–water partition coefficient (Wildman–Crippen LogP) is 1.42. The van der Waals surface area contributed by atoms with E-state index >= 15 is 0 Å². The number of rotatable bonds is 5. The average molecular weight is 339 g/mol. The van der Waals surface area contributed by atoms with Gasteiger partial charge in [0.15, 0.2) is 0 Å². The molecule has 11 heteroatoms. The highest BCUT2D eigenvalue weighted by molar-refractivity contribution is 5.80. The Morgan fingerprint density at radius 3 is 2.40 bits per heavy atom. The number of hydrazone groups is 1. The third kappa shape index (κ3) is 3.77. The number of hydrogen-bond donors (Lipinski definition) is 1. The number of non-ortho nitro benzene ring substituents is 1. The summed E-state index contributed by atoms with van der Waals surface area (Å²) in [6.07, 6.45) is 1.47. The molecule has 2 aromatic heterocycles. The van der Waals surface area contributed by atoms with Crippen LogP contribution in [-0.4, -0.2) is 41.3 Å². The van der Waals surface area contributed by atoms with Gasteiger partial charge >= 0.3 is 0 Å². The van der Waals surface area contributed by atoms with Gasteiger partial charge in [0.25, 0.3) is 17.6 Å². The van der Waals surface area contributed by atoms with Gasteiger partial charge in [-0.1, -0.05) is 0 Å². The number of aromatic nitrogens is 6. The van der Waals surface area contributed by atoms with Crippen LogP contribution in [0.2, 0.25) is 0 Å². The lowest BCUT2D eigenvalue weighted by atomic mass is 10.2. The second-order valence-electron chi connectivity index (χ2n) is 5.08. The fourth-order valence-corrected chi connectivity index (χ4v) is 2.03. The zero-order valence-electron chi connectivity index (χ0n) is 13.4. The second kappa shape index (κ2) is 6.78. The standard InChI is InChI=1S/C14H13N9O2/c1-9-7-10(2)22(21-9)14-19-17-13(18-20-14)16-15-8-11-3-5-12(6-4-11)23(24)25/h3-8H,1-2H3,(H,16,17,18)/b15-8+. The van der Waals surface area contributed by atoms with Crippen molar-refractivity contribution in [2.75, 3.05) is 5.43 Å². The lowest BCUT2D eigenvalue weighted by molar-refractivity contribution is -0.384. The number of benzene rings is 1. The fourth-order valence-electron chi connectivity index (χ4n) is 2.03. The maximum absolute atomic E-state index is 10.6. The Kier molecular flexibility index (Phi) is 4.37. The quantitative estimate of drug-likeness (QED) is 0.418. The minimum Gasteiger partial charge on any atom is -0.258 e. The predicted molar refractivity (Wildman–Crippen MR) is 88.5 cm³/mol. The summed E-state index contributed by atoms with van der Waals surface area (Å²) in [5.74, 6) is 0.374. The molecule has 0 amide bonds. The molecule has 0 spiro atoms. The van der Waals surface area contributed by atoms with Crippen LogP contribution in [0.25, 0.3) is 5.95 Å². The van der Waals surface area contributed by atoms with E-state index < -0.39 is 4.92 Å². The minimum atomic E-state index is -0.464. The van der Waals surface area contributed by atoms with Gasteiger partial charge in [-0.15, -0.1) is 20.4 Å². The number of aryl methyl sites for hydroxylation is 2. The van der Waals surface area contributed by atoms with Crippen LogP contribution in [0.3, 0.4) is 0 Å². The number of anilines is 1. The van der Waals surface area contributed by atoms with Crippen molar-refractivity contribution in [2.45, 2.75) is 13.8 Å². The van der Waals surface area contributed by atoms with Crippen molar-refractivity contribution in [3.8, 4) is 5.95 Å². The maximum Gasteiger partial charge on any atom is 0.289 e. The summed E-state index contributed by atoms with van der Waals surface area (Å²) in [4.78, 5) is 10.1. The molecule has 2 heterocycles. The molecule has 0 fully saturated rings. The van der Waals surface area contributed by atoms with Crippen molar-refractivity contribution in [1.82, 2.24) is 30.2 Å². The highest BCUT2D eigenvalue weighted by Gasteiger charge is 2.08. The molecule has 126 valence electrons. The maximum atomic E-state index is 10.6. The first-order chi connectivity index (χ1) is 12.0. The molecule has 0 radical (unpaired) electrons. The van der Waals surface area contributed by atoms with Crippen LogP contribution in [0.1, 0.15) is 17.0 Å². The minimum absolute atomic E-state index is 0.0154. The van der Waals surface area contributed by atoms with Gasteiger partial charge in [0.05, 0.1) is 16.8 Å². The average Bonchev–Trinajstić information content (AvgIpc) is 2.94. The number of nitro groups is 1. The van der Waals surface area contributed by atoms with Crippen molar-refractivity contribution < 1.29 is 4.92 Å². The molecule has 1 N–H and O–H groups in total. The SMILES string of the molecule is Cc1cc(C)n(-c2nnc(N/N=C/c3ccc([N+](=O)[O-])cc3)nn2)n1. The Labute approximate surface area is 141 Å². The zero-order chi connectivity index (χ0) is 17.8. The van der Waals surface area contributed by atoms with Gasteiger partial charge in [0.2, 0.25) is 0 Å². The Morgan fingerprint density at radius 2 is 1.84 bits per heavy atom. The molecular weight excluding hydrogens is 326 g/mol. The van der Waals surface area contributed by atoms with Gasteiger partial charge < -0.3 is 0 Å². The van der Waals surface area contributed by atoms with Crippen LogP contribution in [-0.2, 0) is 0 Å². The number of hydrogen-bond acceptors (Lipinski definition) is 9. The van der Waals surface area contributed by atoms with E-state index in [1.54, 1.807) is 16.8 Å². The topological polar surface area (TPSA) is 137 Å². The molecule has 0 saturated heterocycles. The Hall–Kier alpha value is -3.76. The van der Waals surface area contributed by atoms with E-state index in [0.29, 0.717) is 5.56 Å². The molecule has 11 nitrogen and oxygen atoms in total. The molecule has 1 aromatic carbocycles. The van der Waals surface area contributed by atoms with Crippen LogP contribution >= 0.6 is 0 Å². The molecule has 25 heavy (non-hydrogen) atoms. The monoisotopic (exact) mass is 339 g/mol. The van der Waals surface area contributed by atoms with Crippen LogP contribution in [0, 0.1) is 24.0 Å². The second-order valence-corrected chi connectivity index (χ2v) is 5.08. The van der Waals surface area contributed by atoms with Gasteiger partial charge in [-0.05, 0) is 37.6 Å². The van der Waals surface area contributed by atoms with E-state index in [4.69, 9.17) is 0 Å². The third-order valence-electron chi connectivity index (χ3n) is 3.15. The highest BCUT2D eigenvalue weighted by Crippen LogP contribution is 2.10. The van der Waals surface area contributed by atoms with Crippen molar-refractivity contribution >= 4 is 17.9 Å². The third-order valence-corrected chi connectivity index (χ3v) is 3.15. The molecule has 3 aromatic rings. The molecule has 0 atom stereocenters. The van der Waals surface area contributed by atoms with E-state index in [1.807, 2.05) is 19.9 Å². The summed E-state index contributed by atoms with van der Waals surface area (Å²) in [5, 5.41) is 34.4. The molecule has 0 aliphatic rings. The largest absolute Gasteiger partial charge is 0.289 e. The summed E-state index contributed by atoms with van der Waals surface area (Å²) >= 11 is 0. The van der Waals surface area contributed by atoms with Crippen molar-refractivity contribution in [3.63, 3.8) is 0 Å². The summed E-state index contributed by atoms with van der Waals surface area (Å²) in [5.41, 5.74) is 5.00. The van der Waals surface area contributed by atoms with Gasteiger partial charge in [-0.3, -0.25) is 10.1 Å². The molecule has 0 bridgehead atoms. The summed E-state index contributed by atoms with van der Waals surface area (Å²) in [6, 6.07) is 7.83. The van der Waals surface area contributed by atoms with Gasteiger partial charge in [0.1, 0.15) is 0 Å². The van der Waals surface area contributed by atoms with Crippen molar-refractivity contribution in [1.29, 1.82) is 0 Å². The number of nitro benzene ring substituents is 1. The normalized spacial score (nSPS) is 11.0. The van der Waals surface area contributed by atoms with E-state index in [0.717, 1.165) is 11.4 Å². The molecule has 0 saturated carbocycles. The molecule has 3 rings (SSSR count).